The zero-order valence-corrected chi connectivity index (χ0v) is 9.84. The average Bonchev–Trinajstić information content (AvgIpc) is 2.38. The van der Waals surface area contributed by atoms with Crippen LogP contribution in [0.4, 0.5) is 0 Å². The Morgan fingerprint density at radius 3 is 2.00 bits per heavy atom. The normalized spacial score (nSPS) is 12.8. The number of rotatable bonds is 3. The van der Waals surface area contributed by atoms with E-state index >= 15 is 0 Å². The van der Waals surface area contributed by atoms with Crippen LogP contribution in [0, 0.1) is 0 Å². The molecule has 1 nitrogen and oxygen atoms in total. The third-order valence-corrected chi connectivity index (χ3v) is 3.66. The highest BCUT2D eigenvalue weighted by Crippen LogP contribution is 2.22. The van der Waals surface area contributed by atoms with Gasteiger partial charge in [0.25, 0.3) is 0 Å². The lowest BCUT2D eigenvalue weighted by atomic mass is 10.2. The summed E-state index contributed by atoms with van der Waals surface area (Å²) in [5.41, 5.74) is 1.08. The molecule has 0 amide bonds. The number of hydrogen-bond donors (Lipinski definition) is 0. The van der Waals surface area contributed by atoms with E-state index < -0.39 is 7.80 Å². The van der Waals surface area contributed by atoms with E-state index in [-0.39, 0.29) is 0 Å². The van der Waals surface area contributed by atoms with Crippen LogP contribution in [0.5, 0.6) is 0 Å². The molecule has 0 aliphatic carbocycles. The first-order valence-corrected chi connectivity index (χ1v) is 6.67. The zero-order chi connectivity index (χ0) is 11.2. The van der Waals surface area contributed by atoms with Crippen LogP contribution in [-0.4, -0.2) is 0 Å². The summed E-state index contributed by atoms with van der Waals surface area (Å²) in [6.07, 6.45) is 1.91. The smallest absolute Gasteiger partial charge is 0.124 e. The molecule has 1 atom stereocenters. The first-order chi connectivity index (χ1) is 7.86. The molecule has 0 aliphatic heterocycles. The lowest BCUT2D eigenvalue weighted by Gasteiger charge is -1.95. The number of hydrogen-bond acceptors (Lipinski definition) is 1. The molecule has 2 heteroatoms. The molecule has 80 valence electrons. The molecule has 0 saturated carbocycles. The van der Waals surface area contributed by atoms with E-state index in [4.69, 9.17) is 0 Å². The molecule has 2 aromatic rings. The van der Waals surface area contributed by atoms with Crippen molar-refractivity contribution >= 4 is 19.2 Å². The van der Waals surface area contributed by atoms with Crippen LogP contribution in [0.25, 0.3) is 6.08 Å². The summed E-state index contributed by atoms with van der Waals surface area (Å²) in [6, 6.07) is 19.5. The largest absolute Gasteiger partial charge is 0.318 e. The lowest BCUT2D eigenvalue weighted by Crippen LogP contribution is -1.91. The molecule has 0 N–H and O–H groups in total. The van der Waals surface area contributed by atoms with Crippen LogP contribution in [0.2, 0.25) is 0 Å². The van der Waals surface area contributed by atoms with Crippen molar-refractivity contribution in [2.75, 3.05) is 0 Å². The Morgan fingerprint density at radius 2 is 1.38 bits per heavy atom. The average molecular weight is 228 g/mol. The van der Waals surface area contributed by atoms with Crippen LogP contribution in [-0.2, 0) is 4.57 Å². The molecule has 0 fully saturated rings. The minimum Gasteiger partial charge on any atom is -0.318 e. The van der Waals surface area contributed by atoms with Gasteiger partial charge in [0.05, 0.1) is 0 Å². The Bertz CT molecular complexity index is 489. The summed E-state index contributed by atoms with van der Waals surface area (Å²) in [6.45, 7) is 0. The Kier molecular flexibility index (Phi) is 3.74. The van der Waals surface area contributed by atoms with Crippen LogP contribution in [0.1, 0.15) is 5.56 Å². The van der Waals surface area contributed by atoms with Gasteiger partial charge in [-0.25, -0.2) is 0 Å². The third kappa shape index (κ3) is 2.95. The van der Waals surface area contributed by atoms with E-state index in [1.807, 2.05) is 66.7 Å². The topological polar surface area (TPSA) is 17.1 Å². The molecule has 1 unspecified atom stereocenters. The SMILES string of the molecule is O=[PH](C=Cc1ccccc1)c1ccccc1. The fourth-order valence-electron chi connectivity index (χ4n) is 1.43. The van der Waals surface area contributed by atoms with Crippen molar-refractivity contribution < 1.29 is 4.57 Å². The molecule has 2 rings (SSSR count). The highest BCUT2D eigenvalue weighted by molar-refractivity contribution is 7.56. The molecule has 0 aliphatic rings. The second-order valence-corrected chi connectivity index (χ2v) is 5.11. The highest BCUT2D eigenvalue weighted by atomic mass is 31.1. The Balaban J connectivity index is 2.12. The standard InChI is InChI=1S/C14H13OP/c15-16(14-9-5-2-6-10-14)12-11-13-7-3-1-4-8-13/h1-12,16H. The maximum absolute atomic E-state index is 11.9. The van der Waals surface area contributed by atoms with Crippen LogP contribution >= 0.6 is 7.80 Å². The van der Waals surface area contributed by atoms with E-state index in [2.05, 4.69) is 0 Å². The summed E-state index contributed by atoms with van der Waals surface area (Å²) in [4.78, 5) is 0. The van der Waals surface area contributed by atoms with Crippen molar-refractivity contribution in [2.45, 2.75) is 0 Å². The van der Waals surface area contributed by atoms with Crippen molar-refractivity contribution in [2.24, 2.45) is 0 Å². The second kappa shape index (κ2) is 5.48. The summed E-state index contributed by atoms with van der Waals surface area (Å²) in [5.74, 6) is 1.79. The molecule has 16 heavy (non-hydrogen) atoms. The maximum atomic E-state index is 11.9. The van der Waals surface area contributed by atoms with Gasteiger partial charge in [-0.15, -0.1) is 0 Å². The van der Waals surface area contributed by atoms with Gasteiger partial charge >= 0.3 is 0 Å². The van der Waals surface area contributed by atoms with Gasteiger partial charge in [0, 0.05) is 5.30 Å². The van der Waals surface area contributed by atoms with Crippen LogP contribution < -0.4 is 5.30 Å². The quantitative estimate of drug-likeness (QED) is 0.734. The molecule has 0 radical (unpaired) electrons. The molecule has 0 heterocycles. The van der Waals surface area contributed by atoms with Gasteiger partial charge in [0.15, 0.2) is 0 Å². The van der Waals surface area contributed by atoms with E-state index in [9.17, 15) is 4.57 Å². The van der Waals surface area contributed by atoms with Crippen LogP contribution in [0.15, 0.2) is 66.5 Å². The van der Waals surface area contributed by atoms with Gasteiger partial charge in [-0.2, -0.15) is 0 Å². The highest BCUT2D eigenvalue weighted by Gasteiger charge is 1.96. The predicted octanol–water partition coefficient (Wildman–Crippen LogP) is 3.54. The first-order valence-electron chi connectivity index (χ1n) is 5.19. The molecule has 0 spiro atoms. The number of benzene rings is 2. The first kappa shape index (κ1) is 10.9. The van der Waals surface area contributed by atoms with E-state index in [0.29, 0.717) is 0 Å². The van der Waals surface area contributed by atoms with Crippen molar-refractivity contribution in [3.63, 3.8) is 0 Å². The maximum Gasteiger partial charge on any atom is 0.124 e. The summed E-state index contributed by atoms with van der Waals surface area (Å²) >= 11 is 0. The molecular formula is C14H13OP. The molecular weight excluding hydrogens is 215 g/mol. The van der Waals surface area contributed by atoms with Gasteiger partial charge in [-0.1, -0.05) is 66.7 Å². The molecule has 0 saturated heterocycles. The second-order valence-electron chi connectivity index (χ2n) is 3.47. The summed E-state index contributed by atoms with van der Waals surface area (Å²) in [5, 5.41) is 0.902. The molecule has 0 aromatic heterocycles. The molecule has 2 aromatic carbocycles. The van der Waals surface area contributed by atoms with Crippen LogP contribution in [0.3, 0.4) is 0 Å². The monoisotopic (exact) mass is 228 g/mol. The molecule has 0 bridgehead atoms. The summed E-state index contributed by atoms with van der Waals surface area (Å²) < 4.78 is 11.9. The van der Waals surface area contributed by atoms with Crippen molar-refractivity contribution in [1.29, 1.82) is 0 Å². The Morgan fingerprint density at radius 1 is 0.812 bits per heavy atom. The van der Waals surface area contributed by atoms with Gasteiger partial charge < -0.3 is 4.57 Å². The Hall–Kier alpha value is -1.59. The van der Waals surface area contributed by atoms with E-state index in [0.717, 1.165) is 10.9 Å². The van der Waals surface area contributed by atoms with Crippen molar-refractivity contribution in [3.8, 4) is 0 Å². The van der Waals surface area contributed by atoms with Gasteiger partial charge in [-0.05, 0) is 11.4 Å². The van der Waals surface area contributed by atoms with Crippen molar-refractivity contribution in [3.05, 3.63) is 72.0 Å². The van der Waals surface area contributed by atoms with E-state index in [1.54, 1.807) is 5.82 Å². The minimum atomic E-state index is -1.80. The Labute approximate surface area is 96.2 Å². The van der Waals surface area contributed by atoms with Gasteiger partial charge in [0.2, 0.25) is 0 Å². The zero-order valence-electron chi connectivity index (χ0n) is 8.84. The fraction of sp³-hybridized carbons (Fsp3) is 0. The minimum absolute atomic E-state index is 0.902. The van der Waals surface area contributed by atoms with Gasteiger partial charge in [0.1, 0.15) is 7.80 Å². The lowest BCUT2D eigenvalue weighted by molar-refractivity contribution is 0.598. The van der Waals surface area contributed by atoms with Gasteiger partial charge in [-0.3, -0.25) is 0 Å². The summed E-state index contributed by atoms with van der Waals surface area (Å²) in [7, 11) is -1.80. The van der Waals surface area contributed by atoms with E-state index in [1.165, 1.54) is 0 Å². The third-order valence-electron chi connectivity index (χ3n) is 2.29. The predicted molar refractivity (Wildman–Crippen MR) is 70.6 cm³/mol. The fourth-order valence-corrected chi connectivity index (χ4v) is 2.49. The van der Waals surface area contributed by atoms with Crippen molar-refractivity contribution in [1.82, 2.24) is 0 Å².